The fourth-order valence-electron chi connectivity index (χ4n) is 2.02. The number of hydrogen-bond donors (Lipinski definition) is 1. The third-order valence-corrected chi connectivity index (χ3v) is 3.19. The maximum absolute atomic E-state index is 14.3. The van der Waals surface area contributed by atoms with Crippen LogP contribution in [0, 0.1) is 0 Å². The molecular formula is C15H17FN2. The number of rotatable bonds is 4. The highest BCUT2D eigenvalue weighted by Crippen LogP contribution is 2.31. The summed E-state index contributed by atoms with van der Waals surface area (Å²) >= 11 is 0. The van der Waals surface area contributed by atoms with E-state index in [2.05, 4.69) is 17.0 Å². The number of halogens is 1. The summed E-state index contributed by atoms with van der Waals surface area (Å²) in [7, 11) is 0. The molecule has 1 aliphatic heterocycles. The van der Waals surface area contributed by atoms with Crippen molar-refractivity contribution >= 4 is 12.3 Å². The average Bonchev–Trinajstić information content (AvgIpc) is 2.37. The second-order valence-corrected chi connectivity index (χ2v) is 4.39. The molecule has 1 aliphatic rings. The summed E-state index contributed by atoms with van der Waals surface area (Å²) in [6.07, 6.45) is 5.49. The Labute approximate surface area is 107 Å². The minimum absolute atomic E-state index is 0.395. The van der Waals surface area contributed by atoms with E-state index >= 15 is 0 Å². The van der Waals surface area contributed by atoms with Crippen molar-refractivity contribution in [3.8, 4) is 0 Å². The summed E-state index contributed by atoms with van der Waals surface area (Å²) in [5.74, 6) is 0. The fraction of sp³-hybridized carbons (Fsp3) is 0.267. The molecule has 0 aromatic heterocycles. The topological polar surface area (TPSA) is 24.4 Å². The van der Waals surface area contributed by atoms with Crippen molar-refractivity contribution in [1.29, 1.82) is 0 Å². The molecule has 0 radical (unpaired) electrons. The van der Waals surface area contributed by atoms with Gasteiger partial charge in [-0.3, -0.25) is 4.99 Å². The predicted molar refractivity (Wildman–Crippen MR) is 74.4 cm³/mol. The number of aliphatic imine (C=N–C) groups is 1. The van der Waals surface area contributed by atoms with Gasteiger partial charge in [0.15, 0.2) is 5.67 Å². The number of alkyl halides is 1. The van der Waals surface area contributed by atoms with E-state index in [1.807, 2.05) is 43.3 Å². The Morgan fingerprint density at radius 2 is 2.28 bits per heavy atom. The van der Waals surface area contributed by atoms with Gasteiger partial charge in [0.2, 0.25) is 0 Å². The van der Waals surface area contributed by atoms with Crippen molar-refractivity contribution in [2.24, 2.45) is 4.99 Å². The molecule has 0 spiro atoms. The van der Waals surface area contributed by atoms with Crippen LogP contribution in [0.3, 0.4) is 0 Å². The maximum atomic E-state index is 14.3. The van der Waals surface area contributed by atoms with Gasteiger partial charge in [-0.2, -0.15) is 0 Å². The first-order valence-corrected chi connectivity index (χ1v) is 5.99. The first-order valence-electron chi connectivity index (χ1n) is 5.99. The molecule has 2 nitrogen and oxygen atoms in total. The molecule has 0 unspecified atom stereocenters. The van der Waals surface area contributed by atoms with Gasteiger partial charge >= 0.3 is 0 Å². The van der Waals surface area contributed by atoms with Gasteiger partial charge in [0, 0.05) is 19.3 Å². The number of nitrogens with one attached hydrogen (secondary N) is 1. The Hall–Kier alpha value is -1.74. The molecule has 0 atom stereocenters. The van der Waals surface area contributed by atoms with Gasteiger partial charge in [-0.25, -0.2) is 4.39 Å². The van der Waals surface area contributed by atoms with Gasteiger partial charge in [-0.1, -0.05) is 24.3 Å². The Morgan fingerprint density at radius 3 is 2.83 bits per heavy atom. The van der Waals surface area contributed by atoms with Gasteiger partial charge in [-0.05, 0) is 42.5 Å². The zero-order valence-electron chi connectivity index (χ0n) is 10.5. The quantitative estimate of drug-likeness (QED) is 0.639. The van der Waals surface area contributed by atoms with Gasteiger partial charge in [0.05, 0.1) is 0 Å². The summed E-state index contributed by atoms with van der Waals surface area (Å²) in [5, 5.41) is 2.97. The second-order valence-electron chi connectivity index (χ2n) is 4.39. The van der Waals surface area contributed by atoms with Crippen LogP contribution in [0.4, 0.5) is 4.39 Å². The van der Waals surface area contributed by atoms with Crippen LogP contribution in [0.5, 0.6) is 0 Å². The van der Waals surface area contributed by atoms with Crippen molar-refractivity contribution in [3.05, 3.63) is 53.7 Å². The molecule has 1 aromatic rings. The summed E-state index contributed by atoms with van der Waals surface area (Å²) in [4.78, 5) is 3.69. The number of benzene rings is 1. The molecule has 1 saturated heterocycles. The third kappa shape index (κ3) is 2.41. The lowest BCUT2D eigenvalue weighted by Crippen LogP contribution is -2.53. The smallest absolute Gasteiger partial charge is 0.160 e. The van der Waals surface area contributed by atoms with E-state index in [9.17, 15) is 4.39 Å². The number of nitrogens with zero attached hydrogens (tertiary/aromatic N) is 1. The monoisotopic (exact) mass is 244 g/mol. The van der Waals surface area contributed by atoms with Crippen LogP contribution in [0.2, 0.25) is 0 Å². The highest BCUT2D eigenvalue weighted by atomic mass is 19.1. The SMILES string of the molecule is C=N/C=C\C(=C/C)c1cccc(C2(F)CNC2)c1. The molecule has 0 bridgehead atoms. The lowest BCUT2D eigenvalue weighted by atomic mass is 9.88. The first-order chi connectivity index (χ1) is 8.69. The molecular weight excluding hydrogens is 227 g/mol. The van der Waals surface area contributed by atoms with E-state index < -0.39 is 5.67 Å². The lowest BCUT2D eigenvalue weighted by molar-refractivity contribution is 0.0891. The van der Waals surface area contributed by atoms with E-state index in [4.69, 9.17) is 0 Å². The third-order valence-electron chi connectivity index (χ3n) is 3.19. The Kier molecular flexibility index (Phi) is 3.72. The average molecular weight is 244 g/mol. The lowest BCUT2D eigenvalue weighted by Gasteiger charge is -2.35. The second kappa shape index (κ2) is 5.27. The van der Waals surface area contributed by atoms with Crippen LogP contribution in [-0.2, 0) is 5.67 Å². The largest absolute Gasteiger partial charge is 0.310 e. The number of allylic oxidation sites excluding steroid dienone is 3. The van der Waals surface area contributed by atoms with Crippen molar-refractivity contribution in [3.63, 3.8) is 0 Å². The Balaban J connectivity index is 2.31. The first kappa shape index (κ1) is 12.7. The van der Waals surface area contributed by atoms with Crippen LogP contribution in [0.1, 0.15) is 18.1 Å². The maximum Gasteiger partial charge on any atom is 0.160 e. The predicted octanol–water partition coefficient (Wildman–Crippen LogP) is 3.07. The molecule has 1 fully saturated rings. The summed E-state index contributed by atoms with van der Waals surface area (Å²) in [5.41, 5.74) is 1.53. The molecule has 1 aromatic carbocycles. The zero-order chi connectivity index (χ0) is 13.0. The fourth-order valence-corrected chi connectivity index (χ4v) is 2.02. The Bertz CT molecular complexity index is 499. The van der Waals surface area contributed by atoms with Gasteiger partial charge in [-0.15, -0.1) is 0 Å². The molecule has 0 saturated carbocycles. The van der Waals surface area contributed by atoms with E-state index in [-0.39, 0.29) is 0 Å². The van der Waals surface area contributed by atoms with Crippen molar-refractivity contribution in [1.82, 2.24) is 5.32 Å². The van der Waals surface area contributed by atoms with Crippen molar-refractivity contribution in [2.45, 2.75) is 12.6 Å². The molecule has 1 heterocycles. The molecule has 1 N–H and O–H groups in total. The van der Waals surface area contributed by atoms with Crippen LogP contribution in [-0.4, -0.2) is 19.8 Å². The van der Waals surface area contributed by atoms with E-state index in [1.165, 1.54) is 0 Å². The van der Waals surface area contributed by atoms with Gasteiger partial charge < -0.3 is 5.32 Å². The summed E-state index contributed by atoms with van der Waals surface area (Å²) < 4.78 is 14.3. The van der Waals surface area contributed by atoms with E-state index in [0.717, 1.165) is 16.7 Å². The highest BCUT2D eigenvalue weighted by molar-refractivity contribution is 5.74. The van der Waals surface area contributed by atoms with Crippen molar-refractivity contribution < 1.29 is 4.39 Å². The number of hydrogen-bond acceptors (Lipinski definition) is 2. The van der Waals surface area contributed by atoms with Gasteiger partial charge in [0.1, 0.15) is 0 Å². The van der Waals surface area contributed by atoms with Crippen LogP contribution < -0.4 is 5.32 Å². The normalized spacial score (nSPS) is 18.7. The molecule has 0 amide bonds. The summed E-state index contributed by atoms with van der Waals surface area (Å²) in [6.45, 7) is 6.15. The molecule has 0 aliphatic carbocycles. The van der Waals surface area contributed by atoms with Crippen LogP contribution >= 0.6 is 0 Å². The van der Waals surface area contributed by atoms with E-state index in [0.29, 0.717) is 13.1 Å². The molecule has 94 valence electrons. The Morgan fingerprint density at radius 1 is 1.50 bits per heavy atom. The standard InChI is InChI=1S/C15H17FN2/c1-3-12(7-8-17-2)13-5-4-6-14(9-13)15(16)10-18-11-15/h3-9,18H,2,10-11H2,1H3/b8-7-,12-3+. The van der Waals surface area contributed by atoms with Gasteiger partial charge in [0.25, 0.3) is 0 Å². The van der Waals surface area contributed by atoms with Crippen LogP contribution in [0.15, 0.2) is 47.6 Å². The summed E-state index contributed by atoms with van der Waals surface area (Å²) in [6, 6.07) is 7.61. The zero-order valence-corrected chi connectivity index (χ0v) is 10.5. The van der Waals surface area contributed by atoms with E-state index in [1.54, 1.807) is 6.20 Å². The minimum Gasteiger partial charge on any atom is -0.310 e. The van der Waals surface area contributed by atoms with Crippen LogP contribution in [0.25, 0.3) is 5.57 Å². The molecule has 3 heteroatoms. The minimum atomic E-state index is -1.21. The van der Waals surface area contributed by atoms with Crippen molar-refractivity contribution in [2.75, 3.05) is 13.1 Å². The highest BCUT2D eigenvalue weighted by Gasteiger charge is 2.38. The molecule has 2 rings (SSSR count). The molecule has 18 heavy (non-hydrogen) atoms.